The van der Waals surface area contributed by atoms with E-state index in [1.54, 1.807) is 0 Å². The lowest BCUT2D eigenvalue weighted by molar-refractivity contribution is 0.231. The number of rotatable bonds is 1. The molecular formula is C13H18IN3. The van der Waals surface area contributed by atoms with Crippen molar-refractivity contribution >= 4 is 34.0 Å². The summed E-state index contributed by atoms with van der Waals surface area (Å²) in [6.07, 6.45) is 2.74. The predicted molar refractivity (Wildman–Crippen MR) is 80.4 cm³/mol. The molecule has 2 N–H and O–H groups in total. The first kappa shape index (κ1) is 11.6. The Bertz CT molecular complexity index is 421. The van der Waals surface area contributed by atoms with Gasteiger partial charge in [-0.05, 0) is 60.2 Å². The first-order chi connectivity index (χ1) is 8.24. The SMILES string of the molecule is Nc1ccc(N2CCN3CCCC3C2)c(I)c1. The summed E-state index contributed by atoms with van der Waals surface area (Å²) in [6.45, 7) is 4.85. The molecule has 92 valence electrons. The Morgan fingerprint density at radius 1 is 1.24 bits per heavy atom. The zero-order chi connectivity index (χ0) is 11.8. The maximum atomic E-state index is 5.81. The van der Waals surface area contributed by atoms with E-state index in [2.05, 4.69) is 44.5 Å². The minimum absolute atomic E-state index is 0.775. The van der Waals surface area contributed by atoms with Crippen molar-refractivity contribution in [3.63, 3.8) is 0 Å². The third-order valence-corrected chi connectivity index (χ3v) is 4.76. The van der Waals surface area contributed by atoms with E-state index < -0.39 is 0 Å². The van der Waals surface area contributed by atoms with Gasteiger partial charge in [0.2, 0.25) is 0 Å². The van der Waals surface area contributed by atoms with Crippen LogP contribution in [-0.4, -0.2) is 37.1 Å². The Labute approximate surface area is 116 Å². The summed E-state index contributed by atoms with van der Waals surface area (Å²) in [7, 11) is 0. The van der Waals surface area contributed by atoms with Gasteiger partial charge in [-0.2, -0.15) is 0 Å². The second-order valence-corrected chi connectivity index (χ2v) is 6.15. The second kappa shape index (κ2) is 4.65. The summed E-state index contributed by atoms with van der Waals surface area (Å²) < 4.78 is 1.27. The Kier molecular flexibility index (Phi) is 3.17. The van der Waals surface area contributed by atoms with Crippen LogP contribution >= 0.6 is 22.6 Å². The van der Waals surface area contributed by atoms with E-state index in [0.29, 0.717) is 0 Å². The van der Waals surface area contributed by atoms with Gasteiger partial charge in [0.25, 0.3) is 0 Å². The number of piperazine rings is 1. The summed E-state index contributed by atoms with van der Waals surface area (Å²) in [6, 6.07) is 7.02. The number of nitrogen functional groups attached to an aromatic ring is 1. The molecule has 3 nitrogen and oxygen atoms in total. The van der Waals surface area contributed by atoms with Crippen molar-refractivity contribution in [1.29, 1.82) is 0 Å². The molecule has 2 saturated heterocycles. The van der Waals surface area contributed by atoms with E-state index in [1.165, 1.54) is 41.7 Å². The molecule has 0 saturated carbocycles. The number of benzene rings is 1. The first-order valence-electron chi connectivity index (χ1n) is 6.28. The van der Waals surface area contributed by atoms with Gasteiger partial charge in [-0.3, -0.25) is 4.90 Å². The van der Waals surface area contributed by atoms with E-state index in [1.807, 2.05) is 6.07 Å². The van der Waals surface area contributed by atoms with E-state index in [4.69, 9.17) is 5.73 Å². The Hall–Kier alpha value is -0.490. The third kappa shape index (κ3) is 2.25. The fourth-order valence-electron chi connectivity index (χ4n) is 2.99. The normalized spacial score (nSPS) is 25.0. The topological polar surface area (TPSA) is 32.5 Å². The number of anilines is 2. The van der Waals surface area contributed by atoms with E-state index >= 15 is 0 Å². The van der Waals surface area contributed by atoms with Crippen molar-refractivity contribution in [3.05, 3.63) is 21.8 Å². The van der Waals surface area contributed by atoms with Crippen LogP contribution in [0.3, 0.4) is 0 Å². The third-order valence-electron chi connectivity index (χ3n) is 3.90. The molecule has 0 spiro atoms. The summed E-state index contributed by atoms with van der Waals surface area (Å²) in [4.78, 5) is 5.16. The molecule has 2 fully saturated rings. The van der Waals surface area contributed by atoms with E-state index in [9.17, 15) is 0 Å². The Morgan fingerprint density at radius 2 is 2.12 bits per heavy atom. The molecule has 0 bridgehead atoms. The van der Waals surface area contributed by atoms with Gasteiger partial charge in [0.05, 0.1) is 5.69 Å². The number of halogens is 1. The molecule has 0 aromatic heterocycles. The number of nitrogens with two attached hydrogens (primary N) is 1. The Balaban J connectivity index is 1.80. The van der Waals surface area contributed by atoms with Crippen LogP contribution < -0.4 is 10.6 Å². The van der Waals surface area contributed by atoms with Gasteiger partial charge >= 0.3 is 0 Å². The lowest BCUT2D eigenvalue weighted by Gasteiger charge is -2.39. The van der Waals surface area contributed by atoms with Gasteiger partial charge in [0.1, 0.15) is 0 Å². The molecule has 2 heterocycles. The molecule has 0 amide bonds. The number of nitrogens with zero attached hydrogens (tertiary/aromatic N) is 2. The van der Waals surface area contributed by atoms with Crippen LogP contribution in [0.5, 0.6) is 0 Å². The van der Waals surface area contributed by atoms with Gasteiger partial charge < -0.3 is 10.6 Å². The molecule has 0 aliphatic carbocycles. The maximum Gasteiger partial charge on any atom is 0.0504 e. The molecule has 1 aromatic rings. The molecule has 4 heteroatoms. The lowest BCUT2D eigenvalue weighted by Crippen LogP contribution is -2.50. The molecule has 2 aliphatic heterocycles. The molecule has 17 heavy (non-hydrogen) atoms. The summed E-state index contributed by atoms with van der Waals surface area (Å²) in [5.41, 5.74) is 8.02. The fraction of sp³-hybridized carbons (Fsp3) is 0.538. The highest BCUT2D eigenvalue weighted by atomic mass is 127. The van der Waals surface area contributed by atoms with Gasteiger partial charge in [0.15, 0.2) is 0 Å². The zero-order valence-electron chi connectivity index (χ0n) is 9.90. The lowest BCUT2D eigenvalue weighted by atomic mass is 10.1. The van der Waals surface area contributed by atoms with Crippen LogP contribution in [0.1, 0.15) is 12.8 Å². The van der Waals surface area contributed by atoms with Crippen LogP contribution in [0.4, 0.5) is 11.4 Å². The van der Waals surface area contributed by atoms with Gasteiger partial charge in [-0.1, -0.05) is 0 Å². The van der Waals surface area contributed by atoms with Crippen molar-refractivity contribution in [2.45, 2.75) is 18.9 Å². The van der Waals surface area contributed by atoms with Crippen LogP contribution in [0.2, 0.25) is 0 Å². The quantitative estimate of drug-likeness (QED) is 0.627. The molecular weight excluding hydrogens is 325 g/mol. The van der Waals surface area contributed by atoms with Crippen molar-refractivity contribution in [2.24, 2.45) is 0 Å². The minimum Gasteiger partial charge on any atom is -0.399 e. The number of hydrogen-bond acceptors (Lipinski definition) is 3. The maximum absolute atomic E-state index is 5.81. The highest BCUT2D eigenvalue weighted by molar-refractivity contribution is 14.1. The largest absolute Gasteiger partial charge is 0.399 e. The van der Waals surface area contributed by atoms with Crippen molar-refractivity contribution in [1.82, 2.24) is 4.90 Å². The molecule has 1 atom stereocenters. The van der Waals surface area contributed by atoms with Gasteiger partial charge in [-0.25, -0.2) is 0 Å². The monoisotopic (exact) mass is 343 g/mol. The van der Waals surface area contributed by atoms with Crippen LogP contribution in [0.25, 0.3) is 0 Å². The molecule has 0 radical (unpaired) electrons. The molecule has 3 rings (SSSR count). The number of hydrogen-bond donors (Lipinski definition) is 1. The van der Waals surface area contributed by atoms with Gasteiger partial charge in [-0.15, -0.1) is 0 Å². The summed E-state index contributed by atoms with van der Waals surface area (Å²) in [5, 5.41) is 0. The highest BCUT2D eigenvalue weighted by Gasteiger charge is 2.30. The number of fused-ring (bicyclic) bond motifs is 1. The van der Waals surface area contributed by atoms with Crippen molar-refractivity contribution in [3.8, 4) is 0 Å². The smallest absolute Gasteiger partial charge is 0.0504 e. The second-order valence-electron chi connectivity index (χ2n) is 4.99. The first-order valence-corrected chi connectivity index (χ1v) is 7.36. The summed E-state index contributed by atoms with van der Waals surface area (Å²) >= 11 is 2.39. The van der Waals surface area contributed by atoms with Crippen LogP contribution in [0, 0.1) is 3.57 Å². The van der Waals surface area contributed by atoms with Gasteiger partial charge in [0, 0.05) is 34.9 Å². The average molecular weight is 343 g/mol. The zero-order valence-corrected chi connectivity index (χ0v) is 12.1. The van der Waals surface area contributed by atoms with Crippen LogP contribution in [-0.2, 0) is 0 Å². The van der Waals surface area contributed by atoms with Crippen LogP contribution in [0.15, 0.2) is 18.2 Å². The minimum atomic E-state index is 0.775. The highest BCUT2D eigenvalue weighted by Crippen LogP contribution is 2.29. The van der Waals surface area contributed by atoms with E-state index in [-0.39, 0.29) is 0 Å². The predicted octanol–water partition coefficient (Wildman–Crippen LogP) is 2.16. The Morgan fingerprint density at radius 3 is 2.94 bits per heavy atom. The molecule has 1 unspecified atom stereocenters. The standard InChI is InChI=1S/C13H18IN3/c14-12-8-10(15)3-4-13(12)17-7-6-16-5-1-2-11(16)9-17/h3-4,8,11H,1-2,5-7,9,15H2. The van der Waals surface area contributed by atoms with Crippen molar-refractivity contribution in [2.75, 3.05) is 36.8 Å². The molecule has 1 aromatic carbocycles. The molecule has 2 aliphatic rings. The fourth-order valence-corrected chi connectivity index (χ4v) is 3.87. The summed E-state index contributed by atoms with van der Waals surface area (Å²) in [5.74, 6) is 0. The average Bonchev–Trinajstić information content (AvgIpc) is 2.75. The van der Waals surface area contributed by atoms with Crippen molar-refractivity contribution < 1.29 is 0 Å². The van der Waals surface area contributed by atoms with E-state index in [0.717, 1.165) is 18.3 Å².